The van der Waals surface area contributed by atoms with Gasteiger partial charge in [0, 0.05) is 29.7 Å². The fourth-order valence-electron chi connectivity index (χ4n) is 1.98. The summed E-state index contributed by atoms with van der Waals surface area (Å²) in [7, 11) is 0. The monoisotopic (exact) mass is 274 g/mol. The summed E-state index contributed by atoms with van der Waals surface area (Å²) in [4.78, 5) is 15.7. The molecular formula is C14H8ClFN2O. The molecule has 0 saturated carbocycles. The van der Waals surface area contributed by atoms with Crippen LogP contribution < -0.4 is 5.43 Å². The Morgan fingerprint density at radius 1 is 1.21 bits per heavy atom. The van der Waals surface area contributed by atoms with Crippen LogP contribution >= 0.6 is 11.6 Å². The first-order valence-electron chi connectivity index (χ1n) is 5.57. The van der Waals surface area contributed by atoms with Crippen molar-refractivity contribution in [1.29, 1.82) is 0 Å². The van der Waals surface area contributed by atoms with E-state index >= 15 is 0 Å². The van der Waals surface area contributed by atoms with E-state index in [1.807, 2.05) is 0 Å². The lowest BCUT2D eigenvalue weighted by molar-refractivity contribution is 0.619. The van der Waals surface area contributed by atoms with Gasteiger partial charge in [-0.05, 0) is 24.3 Å². The summed E-state index contributed by atoms with van der Waals surface area (Å²) in [6.07, 6.45) is 4.55. The molecule has 94 valence electrons. The van der Waals surface area contributed by atoms with Crippen LogP contribution in [0.3, 0.4) is 0 Å². The van der Waals surface area contributed by atoms with E-state index in [0.717, 1.165) is 0 Å². The molecular weight excluding hydrogens is 267 g/mol. The molecule has 3 rings (SSSR count). The fraction of sp³-hybridized carbons (Fsp3) is 0. The predicted molar refractivity (Wildman–Crippen MR) is 72.3 cm³/mol. The molecule has 0 aliphatic rings. The maximum absolute atomic E-state index is 13.9. The molecule has 0 aliphatic carbocycles. The van der Waals surface area contributed by atoms with Crippen molar-refractivity contribution in [2.75, 3.05) is 0 Å². The number of halogens is 2. The van der Waals surface area contributed by atoms with Crippen LogP contribution in [0, 0.1) is 5.82 Å². The Bertz CT molecular complexity index is 829. The minimum Gasteiger partial charge on any atom is -0.313 e. The fourth-order valence-corrected chi connectivity index (χ4v) is 2.15. The molecule has 2 heterocycles. The van der Waals surface area contributed by atoms with Crippen molar-refractivity contribution in [3.63, 3.8) is 0 Å². The van der Waals surface area contributed by atoms with Gasteiger partial charge in [-0.25, -0.2) is 4.39 Å². The van der Waals surface area contributed by atoms with E-state index in [9.17, 15) is 9.18 Å². The zero-order chi connectivity index (χ0) is 13.4. The Morgan fingerprint density at radius 3 is 2.89 bits per heavy atom. The maximum atomic E-state index is 13.9. The van der Waals surface area contributed by atoms with Crippen molar-refractivity contribution in [1.82, 2.24) is 9.55 Å². The third-order valence-corrected chi connectivity index (χ3v) is 3.10. The largest absolute Gasteiger partial charge is 0.313 e. The summed E-state index contributed by atoms with van der Waals surface area (Å²) in [6.45, 7) is 0. The van der Waals surface area contributed by atoms with Crippen molar-refractivity contribution < 1.29 is 4.39 Å². The number of hydrogen-bond acceptors (Lipinski definition) is 2. The van der Waals surface area contributed by atoms with Gasteiger partial charge in [0.05, 0.1) is 16.6 Å². The average Bonchev–Trinajstić information content (AvgIpc) is 2.43. The number of fused-ring (bicyclic) bond motifs is 1. The van der Waals surface area contributed by atoms with E-state index in [1.165, 1.54) is 36.7 Å². The topological polar surface area (TPSA) is 34.9 Å². The lowest BCUT2D eigenvalue weighted by Gasteiger charge is -2.11. The molecule has 3 nitrogen and oxygen atoms in total. The van der Waals surface area contributed by atoms with E-state index < -0.39 is 5.82 Å². The van der Waals surface area contributed by atoms with Gasteiger partial charge in [0.2, 0.25) is 0 Å². The Hall–Kier alpha value is -2.20. The van der Waals surface area contributed by atoms with Gasteiger partial charge in [0.25, 0.3) is 0 Å². The van der Waals surface area contributed by atoms with Gasteiger partial charge in [-0.2, -0.15) is 0 Å². The second kappa shape index (κ2) is 4.48. The first-order valence-corrected chi connectivity index (χ1v) is 5.95. The molecule has 0 atom stereocenters. The minimum absolute atomic E-state index is 0.151. The summed E-state index contributed by atoms with van der Waals surface area (Å²) in [5, 5.41) is 0.863. The third-order valence-electron chi connectivity index (χ3n) is 2.87. The molecule has 5 heteroatoms. The Kier molecular flexibility index (Phi) is 2.80. The van der Waals surface area contributed by atoms with E-state index in [1.54, 1.807) is 16.8 Å². The first kappa shape index (κ1) is 11.9. The van der Waals surface area contributed by atoms with Crippen LogP contribution in [0.5, 0.6) is 0 Å². The Labute approximate surface area is 112 Å². The normalized spacial score (nSPS) is 10.8. The van der Waals surface area contributed by atoms with Crippen molar-refractivity contribution in [2.24, 2.45) is 0 Å². The summed E-state index contributed by atoms with van der Waals surface area (Å²) in [5.41, 5.74) is 0.731. The van der Waals surface area contributed by atoms with Crippen LogP contribution in [0.25, 0.3) is 16.6 Å². The Balaban J connectivity index is 2.41. The van der Waals surface area contributed by atoms with Crippen molar-refractivity contribution in [3.8, 4) is 5.69 Å². The molecule has 0 bridgehead atoms. The molecule has 0 spiro atoms. The molecule has 0 unspecified atom stereocenters. The van der Waals surface area contributed by atoms with E-state index in [0.29, 0.717) is 21.6 Å². The number of benzene rings is 1. The zero-order valence-corrected chi connectivity index (χ0v) is 10.4. The third kappa shape index (κ3) is 2.00. The number of nitrogens with zero attached hydrogens (tertiary/aromatic N) is 2. The second-order valence-corrected chi connectivity index (χ2v) is 4.47. The van der Waals surface area contributed by atoms with Crippen LogP contribution in [0.15, 0.2) is 53.7 Å². The standard InChI is InChI=1S/C14H8ClFN2O/c15-9-1-2-11(16)13(7-9)18-6-4-14(19)10-8-17-5-3-12(10)18/h1-8H. The highest BCUT2D eigenvalue weighted by Gasteiger charge is 2.09. The van der Waals surface area contributed by atoms with Gasteiger partial charge in [-0.1, -0.05) is 11.6 Å². The molecule has 0 aliphatic heterocycles. The first-order chi connectivity index (χ1) is 9.16. The average molecular weight is 275 g/mol. The summed E-state index contributed by atoms with van der Waals surface area (Å²) >= 11 is 5.90. The molecule has 19 heavy (non-hydrogen) atoms. The highest BCUT2D eigenvalue weighted by molar-refractivity contribution is 6.30. The second-order valence-electron chi connectivity index (χ2n) is 4.04. The van der Waals surface area contributed by atoms with Gasteiger partial charge in [0.1, 0.15) is 5.82 Å². The number of aromatic nitrogens is 2. The number of rotatable bonds is 1. The van der Waals surface area contributed by atoms with Crippen LogP contribution in [0.4, 0.5) is 4.39 Å². The molecule has 1 aromatic carbocycles. The Morgan fingerprint density at radius 2 is 2.05 bits per heavy atom. The number of hydrogen-bond donors (Lipinski definition) is 0. The summed E-state index contributed by atoms with van der Waals surface area (Å²) < 4.78 is 15.5. The SMILES string of the molecule is O=c1ccn(-c2cc(Cl)ccc2F)c2ccncc12. The molecule has 0 amide bonds. The van der Waals surface area contributed by atoms with E-state index in [4.69, 9.17) is 11.6 Å². The molecule has 2 aromatic heterocycles. The van der Waals surface area contributed by atoms with Crippen LogP contribution in [0.2, 0.25) is 5.02 Å². The van der Waals surface area contributed by atoms with Crippen LogP contribution in [-0.4, -0.2) is 9.55 Å². The van der Waals surface area contributed by atoms with Crippen molar-refractivity contribution >= 4 is 22.5 Å². The zero-order valence-electron chi connectivity index (χ0n) is 9.68. The summed E-state index contributed by atoms with van der Waals surface area (Å²) in [5.74, 6) is -0.411. The molecule has 0 N–H and O–H groups in total. The lowest BCUT2D eigenvalue weighted by atomic mass is 10.2. The van der Waals surface area contributed by atoms with Gasteiger partial charge in [-0.15, -0.1) is 0 Å². The quantitative estimate of drug-likeness (QED) is 0.683. The molecule has 0 radical (unpaired) electrons. The highest BCUT2D eigenvalue weighted by Crippen LogP contribution is 2.21. The minimum atomic E-state index is -0.411. The van der Waals surface area contributed by atoms with Crippen molar-refractivity contribution in [2.45, 2.75) is 0 Å². The predicted octanol–water partition coefficient (Wildman–Crippen LogP) is 3.18. The molecule has 0 saturated heterocycles. The molecule has 0 fully saturated rings. The molecule has 3 aromatic rings. The van der Waals surface area contributed by atoms with Crippen molar-refractivity contribution in [3.05, 3.63) is 70.0 Å². The lowest BCUT2D eigenvalue weighted by Crippen LogP contribution is -2.08. The van der Waals surface area contributed by atoms with Gasteiger partial charge in [-0.3, -0.25) is 9.78 Å². The van der Waals surface area contributed by atoms with Gasteiger partial charge < -0.3 is 4.57 Å². The number of pyridine rings is 2. The maximum Gasteiger partial charge on any atom is 0.190 e. The van der Waals surface area contributed by atoms with Crippen LogP contribution in [-0.2, 0) is 0 Å². The summed E-state index contributed by atoms with van der Waals surface area (Å²) in [6, 6.07) is 7.33. The van der Waals surface area contributed by atoms with Gasteiger partial charge >= 0.3 is 0 Å². The van der Waals surface area contributed by atoms with E-state index in [2.05, 4.69) is 4.98 Å². The van der Waals surface area contributed by atoms with Crippen LogP contribution in [0.1, 0.15) is 0 Å². The van der Waals surface area contributed by atoms with E-state index in [-0.39, 0.29) is 5.43 Å². The smallest absolute Gasteiger partial charge is 0.190 e. The highest BCUT2D eigenvalue weighted by atomic mass is 35.5. The van der Waals surface area contributed by atoms with Gasteiger partial charge in [0.15, 0.2) is 5.43 Å².